The Morgan fingerprint density at radius 3 is 2.90 bits per heavy atom. The van der Waals surface area contributed by atoms with Crippen molar-refractivity contribution in [3.8, 4) is 0 Å². The normalized spacial score (nSPS) is 18.1. The molecule has 2 aromatic rings. The zero-order valence-corrected chi connectivity index (χ0v) is 12.1. The number of carbonyl (C=O) groups is 1. The van der Waals surface area contributed by atoms with Crippen molar-refractivity contribution in [3.05, 3.63) is 41.2 Å². The van der Waals surface area contributed by atoms with Crippen molar-refractivity contribution in [2.24, 2.45) is 0 Å². The fourth-order valence-corrected chi connectivity index (χ4v) is 2.85. The number of benzene rings is 1. The number of hydrogen-bond acceptors (Lipinski definition) is 4. The van der Waals surface area contributed by atoms with Gasteiger partial charge in [0, 0.05) is 19.4 Å². The summed E-state index contributed by atoms with van der Waals surface area (Å²) in [6.45, 7) is 2.91. The van der Waals surface area contributed by atoms with Crippen LogP contribution in [0, 0.1) is 6.92 Å². The molecule has 1 aliphatic rings. The molecule has 1 N–H and O–H groups in total. The molecule has 1 unspecified atom stereocenters. The lowest BCUT2D eigenvalue weighted by atomic mass is 10.0. The van der Waals surface area contributed by atoms with Crippen molar-refractivity contribution >= 4 is 5.91 Å². The fourth-order valence-electron chi connectivity index (χ4n) is 2.85. The van der Waals surface area contributed by atoms with Gasteiger partial charge in [-0.2, -0.15) is 5.21 Å². The van der Waals surface area contributed by atoms with Gasteiger partial charge < -0.3 is 4.90 Å². The zero-order valence-electron chi connectivity index (χ0n) is 12.1. The molecule has 1 aromatic carbocycles. The largest absolute Gasteiger partial charge is 0.336 e. The summed E-state index contributed by atoms with van der Waals surface area (Å²) >= 11 is 0. The number of nitrogens with one attached hydrogen (secondary N) is 1. The van der Waals surface area contributed by atoms with Crippen molar-refractivity contribution in [2.45, 2.75) is 38.6 Å². The molecule has 6 nitrogen and oxygen atoms in total. The number of rotatable bonds is 4. The summed E-state index contributed by atoms with van der Waals surface area (Å²) < 4.78 is 0. The molecule has 0 aliphatic carbocycles. The van der Waals surface area contributed by atoms with Crippen molar-refractivity contribution in [1.82, 2.24) is 25.5 Å². The summed E-state index contributed by atoms with van der Waals surface area (Å²) in [6.07, 6.45) is 3.07. The van der Waals surface area contributed by atoms with E-state index in [1.54, 1.807) is 0 Å². The fraction of sp³-hybridized carbons (Fsp3) is 0.467. The highest BCUT2D eigenvalue weighted by molar-refractivity contribution is 5.77. The van der Waals surface area contributed by atoms with E-state index >= 15 is 0 Å². The first-order chi connectivity index (χ1) is 10.2. The van der Waals surface area contributed by atoms with Crippen LogP contribution < -0.4 is 0 Å². The van der Waals surface area contributed by atoms with Gasteiger partial charge in [-0.25, -0.2) is 0 Å². The number of likely N-dealkylation sites (tertiary alicyclic amines) is 1. The monoisotopic (exact) mass is 285 g/mol. The maximum Gasteiger partial charge on any atom is 0.223 e. The van der Waals surface area contributed by atoms with E-state index in [2.05, 4.69) is 51.8 Å². The second-order valence-electron chi connectivity index (χ2n) is 5.48. The molecule has 1 atom stereocenters. The lowest BCUT2D eigenvalue weighted by Crippen LogP contribution is -2.30. The minimum atomic E-state index is 0.169. The molecular weight excluding hydrogens is 266 g/mol. The number of aromatic nitrogens is 4. The summed E-state index contributed by atoms with van der Waals surface area (Å²) in [4.78, 5) is 14.4. The predicted octanol–water partition coefficient (Wildman–Crippen LogP) is 1.80. The molecule has 3 rings (SSSR count). The van der Waals surface area contributed by atoms with Crippen LogP contribution in [0.2, 0.25) is 0 Å². The number of amides is 1. The molecule has 1 aliphatic heterocycles. The molecule has 1 aromatic heterocycles. The quantitative estimate of drug-likeness (QED) is 0.929. The van der Waals surface area contributed by atoms with E-state index < -0.39 is 0 Å². The van der Waals surface area contributed by atoms with Crippen molar-refractivity contribution in [1.29, 1.82) is 0 Å². The SMILES string of the molecule is Cc1ccc(C2CCCN2C(=O)CCc2nn[nH]n2)cc1. The van der Waals surface area contributed by atoms with Gasteiger partial charge in [-0.05, 0) is 25.3 Å². The number of aryl methyl sites for hydroxylation is 2. The highest BCUT2D eigenvalue weighted by Crippen LogP contribution is 2.32. The van der Waals surface area contributed by atoms with Crippen LogP contribution in [0.5, 0.6) is 0 Å². The third-order valence-electron chi connectivity index (χ3n) is 3.99. The average molecular weight is 285 g/mol. The summed E-state index contributed by atoms with van der Waals surface area (Å²) in [6, 6.07) is 8.68. The predicted molar refractivity (Wildman–Crippen MR) is 77.4 cm³/mol. The summed E-state index contributed by atoms with van der Waals surface area (Å²) in [7, 11) is 0. The van der Waals surface area contributed by atoms with Crippen molar-refractivity contribution < 1.29 is 4.79 Å². The van der Waals surface area contributed by atoms with E-state index in [1.165, 1.54) is 11.1 Å². The number of tetrazole rings is 1. The Labute approximate surface area is 123 Å². The second-order valence-corrected chi connectivity index (χ2v) is 5.48. The molecule has 6 heteroatoms. The molecule has 110 valence electrons. The Morgan fingerprint density at radius 2 is 2.19 bits per heavy atom. The first-order valence-corrected chi connectivity index (χ1v) is 7.32. The maximum absolute atomic E-state index is 12.4. The number of carbonyl (C=O) groups excluding carboxylic acids is 1. The highest BCUT2D eigenvalue weighted by atomic mass is 16.2. The Hall–Kier alpha value is -2.24. The third-order valence-corrected chi connectivity index (χ3v) is 3.99. The number of H-pyrrole nitrogens is 1. The Balaban J connectivity index is 1.65. The van der Waals surface area contributed by atoms with Crippen LogP contribution in [-0.2, 0) is 11.2 Å². The topological polar surface area (TPSA) is 74.8 Å². The Bertz CT molecular complexity index is 593. The molecule has 21 heavy (non-hydrogen) atoms. The number of nitrogens with zero attached hydrogens (tertiary/aromatic N) is 4. The minimum Gasteiger partial charge on any atom is -0.336 e. The van der Waals surface area contributed by atoms with Gasteiger partial charge in [-0.3, -0.25) is 4.79 Å². The Morgan fingerprint density at radius 1 is 1.38 bits per heavy atom. The lowest BCUT2D eigenvalue weighted by Gasteiger charge is -2.25. The van der Waals surface area contributed by atoms with Crippen LogP contribution in [0.4, 0.5) is 0 Å². The summed E-state index contributed by atoms with van der Waals surface area (Å²) in [5.74, 6) is 0.761. The van der Waals surface area contributed by atoms with E-state index in [-0.39, 0.29) is 11.9 Å². The van der Waals surface area contributed by atoms with Gasteiger partial charge in [0.25, 0.3) is 0 Å². The summed E-state index contributed by atoms with van der Waals surface area (Å²) in [5.41, 5.74) is 2.47. The minimum absolute atomic E-state index is 0.169. The first kappa shape index (κ1) is 13.7. The zero-order chi connectivity index (χ0) is 14.7. The standard InChI is InChI=1S/C15H19N5O/c1-11-4-6-12(7-5-11)13-3-2-10-20(13)15(21)9-8-14-16-18-19-17-14/h4-7,13H,2-3,8-10H2,1H3,(H,16,17,18,19). The van der Waals surface area contributed by atoms with Crippen LogP contribution in [0.25, 0.3) is 0 Å². The van der Waals surface area contributed by atoms with E-state index in [0.29, 0.717) is 18.7 Å². The molecule has 2 heterocycles. The van der Waals surface area contributed by atoms with Gasteiger partial charge in [0.2, 0.25) is 5.91 Å². The molecule has 0 spiro atoms. The van der Waals surface area contributed by atoms with E-state index in [1.807, 2.05) is 4.90 Å². The molecule has 1 amide bonds. The van der Waals surface area contributed by atoms with Gasteiger partial charge in [-0.1, -0.05) is 35.0 Å². The van der Waals surface area contributed by atoms with E-state index in [4.69, 9.17) is 0 Å². The molecule has 1 fully saturated rings. The van der Waals surface area contributed by atoms with Crippen LogP contribution in [0.15, 0.2) is 24.3 Å². The molecule has 0 radical (unpaired) electrons. The van der Waals surface area contributed by atoms with Crippen LogP contribution in [0.1, 0.15) is 42.3 Å². The highest BCUT2D eigenvalue weighted by Gasteiger charge is 2.29. The van der Waals surface area contributed by atoms with Crippen LogP contribution >= 0.6 is 0 Å². The van der Waals surface area contributed by atoms with Crippen molar-refractivity contribution in [3.63, 3.8) is 0 Å². The van der Waals surface area contributed by atoms with E-state index in [9.17, 15) is 4.79 Å². The van der Waals surface area contributed by atoms with Gasteiger partial charge in [0.1, 0.15) is 0 Å². The molecule has 0 saturated carbocycles. The summed E-state index contributed by atoms with van der Waals surface area (Å²) in [5, 5.41) is 13.7. The first-order valence-electron chi connectivity index (χ1n) is 7.32. The van der Waals surface area contributed by atoms with Gasteiger partial charge in [0.15, 0.2) is 5.82 Å². The Kier molecular flexibility index (Phi) is 3.94. The molecular formula is C15H19N5O. The van der Waals surface area contributed by atoms with Crippen LogP contribution in [-0.4, -0.2) is 38.0 Å². The average Bonchev–Trinajstić information content (AvgIpc) is 3.17. The second kappa shape index (κ2) is 6.03. The molecule has 0 bridgehead atoms. The van der Waals surface area contributed by atoms with Crippen LogP contribution in [0.3, 0.4) is 0 Å². The third kappa shape index (κ3) is 3.09. The van der Waals surface area contributed by atoms with Gasteiger partial charge >= 0.3 is 0 Å². The molecule has 1 saturated heterocycles. The van der Waals surface area contributed by atoms with Crippen molar-refractivity contribution in [2.75, 3.05) is 6.54 Å². The maximum atomic E-state index is 12.4. The van der Waals surface area contributed by atoms with Gasteiger partial charge in [0.05, 0.1) is 6.04 Å². The number of aromatic amines is 1. The lowest BCUT2D eigenvalue weighted by molar-refractivity contribution is -0.132. The smallest absolute Gasteiger partial charge is 0.223 e. The van der Waals surface area contributed by atoms with E-state index in [0.717, 1.165) is 19.4 Å². The van der Waals surface area contributed by atoms with Gasteiger partial charge in [-0.15, -0.1) is 10.2 Å². The number of hydrogen-bond donors (Lipinski definition) is 1.